The average molecular weight is 451 g/mol. The van der Waals surface area contributed by atoms with Gasteiger partial charge in [-0.3, -0.25) is 14.3 Å². The zero-order valence-corrected chi connectivity index (χ0v) is 19.1. The molecule has 0 aliphatic rings. The lowest BCUT2D eigenvalue weighted by atomic mass is 10.2. The molecule has 0 radical (unpaired) electrons. The Bertz CT molecular complexity index is 1090. The summed E-state index contributed by atoms with van der Waals surface area (Å²) >= 11 is 1.26. The summed E-state index contributed by atoms with van der Waals surface area (Å²) in [5.41, 5.74) is 3.53. The molecule has 0 spiro atoms. The molecular weight excluding hydrogens is 425 g/mol. The summed E-state index contributed by atoms with van der Waals surface area (Å²) in [5.74, 6) is 0. The Balaban J connectivity index is 0.000000262. The van der Waals surface area contributed by atoms with Crippen molar-refractivity contribution >= 4 is 17.4 Å². The first-order valence-corrected chi connectivity index (χ1v) is 10.6. The van der Waals surface area contributed by atoms with Crippen molar-refractivity contribution in [1.82, 2.24) is 14.5 Å². The highest BCUT2D eigenvalue weighted by molar-refractivity contribution is 7.98. The van der Waals surface area contributed by atoms with Gasteiger partial charge in [0, 0.05) is 31.7 Å². The molecule has 0 aliphatic carbocycles. The van der Waals surface area contributed by atoms with Crippen LogP contribution in [0.3, 0.4) is 0 Å². The van der Waals surface area contributed by atoms with Gasteiger partial charge in [0.25, 0.3) is 5.56 Å². The van der Waals surface area contributed by atoms with E-state index in [1.807, 2.05) is 33.3 Å². The van der Waals surface area contributed by atoms with Crippen LogP contribution in [-0.4, -0.2) is 34.9 Å². The quantitative estimate of drug-likeness (QED) is 0.523. The fraction of sp³-hybridized carbons (Fsp3) is 0.318. The molecule has 166 valence electrons. The number of aryl methyl sites for hydroxylation is 2. The van der Waals surface area contributed by atoms with E-state index in [0.29, 0.717) is 16.3 Å². The Labute approximate surface area is 184 Å². The first-order chi connectivity index (χ1) is 14.5. The minimum absolute atomic E-state index is 0.287. The number of alkyl halides is 3. The molecule has 3 aromatic rings. The van der Waals surface area contributed by atoms with Crippen molar-refractivity contribution in [3.8, 4) is 5.69 Å². The topological polar surface area (TPSA) is 51.0 Å². The summed E-state index contributed by atoms with van der Waals surface area (Å²) in [7, 11) is 4.09. The number of rotatable bonds is 3. The maximum atomic E-state index is 12.5. The summed E-state index contributed by atoms with van der Waals surface area (Å²) in [6.07, 6.45) is 0.527. The molecule has 1 aromatic carbocycles. The smallest absolute Gasteiger partial charge is 0.377 e. The van der Waals surface area contributed by atoms with Crippen LogP contribution in [0.4, 0.5) is 18.9 Å². The van der Waals surface area contributed by atoms with Gasteiger partial charge in [0.05, 0.1) is 21.8 Å². The monoisotopic (exact) mass is 450 g/mol. The number of anilines is 1. The number of benzene rings is 1. The Kier molecular flexibility index (Phi) is 7.89. The largest absolute Gasteiger partial charge is 0.416 e. The molecule has 0 atom stereocenters. The molecule has 2 heterocycles. The lowest BCUT2D eigenvalue weighted by Crippen LogP contribution is -2.21. The Morgan fingerprint density at radius 2 is 1.58 bits per heavy atom. The highest BCUT2D eigenvalue weighted by atomic mass is 32.2. The van der Waals surface area contributed by atoms with E-state index in [1.54, 1.807) is 13.2 Å². The Hall–Kier alpha value is -2.81. The molecular formula is C22H25F3N4OS. The predicted molar refractivity (Wildman–Crippen MR) is 119 cm³/mol. The molecule has 3 rings (SSSR count). The van der Waals surface area contributed by atoms with E-state index >= 15 is 0 Å². The van der Waals surface area contributed by atoms with Crippen LogP contribution >= 0.6 is 11.8 Å². The second kappa shape index (κ2) is 10.00. The third kappa shape index (κ3) is 5.88. The van der Waals surface area contributed by atoms with E-state index < -0.39 is 11.7 Å². The van der Waals surface area contributed by atoms with E-state index in [-0.39, 0.29) is 5.56 Å². The first-order valence-electron chi connectivity index (χ1n) is 9.36. The molecule has 0 aliphatic heterocycles. The minimum Gasteiger partial charge on any atom is -0.377 e. The maximum Gasteiger partial charge on any atom is 0.416 e. The summed E-state index contributed by atoms with van der Waals surface area (Å²) < 4.78 is 38.7. The highest BCUT2D eigenvalue weighted by Gasteiger charge is 2.30. The van der Waals surface area contributed by atoms with Crippen LogP contribution in [0.25, 0.3) is 5.69 Å². The van der Waals surface area contributed by atoms with Gasteiger partial charge >= 0.3 is 6.18 Å². The van der Waals surface area contributed by atoms with Crippen molar-refractivity contribution in [2.75, 3.05) is 25.3 Å². The SMILES string of the molecule is CSc1c(C)ncn(-c2ccc(C(F)(F)F)cc2)c1=O.Cc1nccc(N(C)C)c1C. The van der Waals surface area contributed by atoms with Gasteiger partial charge in [0.2, 0.25) is 0 Å². The van der Waals surface area contributed by atoms with Gasteiger partial charge in [0.15, 0.2) is 0 Å². The summed E-state index contributed by atoms with van der Waals surface area (Å²) in [6.45, 7) is 5.84. The van der Waals surface area contributed by atoms with E-state index in [9.17, 15) is 18.0 Å². The summed E-state index contributed by atoms with van der Waals surface area (Å²) in [4.78, 5) is 23.0. The van der Waals surface area contributed by atoms with Gasteiger partial charge < -0.3 is 4.90 Å². The Morgan fingerprint density at radius 3 is 2.06 bits per heavy atom. The lowest BCUT2D eigenvalue weighted by Gasteiger charge is -2.15. The molecule has 5 nitrogen and oxygen atoms in total. The number of aromatic nitrogens is 3. The van der Waals surface area contributed by atoms with Gasteiger partial charge in [-0.15, -0.1) is 11.8 Å². The van der Waals surface area contributed by atoms with Crippen LogP contribution < -0.4 is 10.5 Å². The predicted octanol–water partition coefficient (Wildman–Crippen LogP) is 5.05. The number of halogens is 3. The van der Waals surface area contributed by atoms with Crippen LogP contribution in [0, 0.1) is 20.8 Å². The molecule has 0 amide bonds. The van der Waals surface area contributed by atoms with Crippen LogP contribution in [0.1, 0.15) is 22.5 Å². The maximum absolute atomic E-state index is 12.5. The molecule has 9 heteroatoms. The van der Waals surface area contributed by atoms with E-state index in [0.717, 1.165) is 17.8 Å². The Morgan fingerprint density at radius 1 is 0.968 bits per heavy atom. The molecule has 2 aromatic heterocycles. The van der Waals surface area contributed by atoms with Crippen molar-refractivity contribution in [2.45, 2.75) is 31.8 Å². The fourth-order valence-corrected chi connectivity index (χ4v) is 3.48. The van der Waals surface area contributed by atoms with E-state index in [4.69, 9.17) is 0 Å². The molecule has 31 heavy (non-hydrogen) atoms. The standard InChI is InChI=1S/C13H11F3N2OS.C9H14N2/c1-8-11(20-2)12(19)18(7-17-8)10-5-3-9(4-6-10)13(14,15)16;1-7-8(2)10-6-5-9(7)11(3)4/h3-7H,1-2H3;5-6H,1-4H3. The van der Waals surface area contributed by atoms with Gasteiger partial charge in [-0.25, -0.2) is 4.98 Å². The third-order valence-corrected chi connectivity index (χ3v) is 5.57. The van der Waals surface area contributed by atoms with Crippen molar-refractivity contribution in [1.29, 1.82) is 0 Å². The zero-order chi connectivity index (χ0) is 23.3. The summed E-state index contributed by atoms with van der Waals surface area (Å²) in [6, 6.07) is 6.43. The average Bonchev–Trinajstić information content (AvgIpc) is 2.70. The van der Waals surface area contributed by atoms with Crippen LogP contribution in [0.5, 0.6) is 0 Å². The second-order valence-electron chi connectivity index (χ2n) is 7.02. The van der Waals surface area contributed by atoms with Crippen LogP contribution in [0.2, 0.25) is 0 Å². The van der Waals surface area contributed by atoms with Gasteiger partial charge in [0.1, 0.15) is 6.33 Å². The first kappa shape index (κ1) is 24.5. The molecule has 0 fully saturated rings. The van der Waals surface area contributed by atoms with Crippen molar-refractivity contribution in [3.63, 3.8) is 0 Å². The number of thioether (sulfide) groups is 1. The number of nitrogens with zero attached hydrogens (tertiary/aromatic N) is 4. The molecule has 0 saturated carbocycles. The zero-order valence-electron chi connectivity index (χ0n) is 18.3. The lowest BCUT2D eigenvalue weighted by molar-refractivity contribution is -0.137. The van der Waals surface area contributed by atoms with E-state index in [2.05, 4.69) is 21.8 Å². The summed E-state index contributed by atoms with van der Waals surface area (Å²) in [5, 5.41) is 0. The highest BCUT2D eigenvalue weighted by Crippen LogP contribution is 2.29. The van der Waals surface area contributed by atoms with Crippen molar-refractivity contribution in [3.05, 3.63) is 75.7 Å². The molecule has 0 N–H and O–H groups in total. The molecule has 0 bridgehead atoms. The van der Waals surface area contributed by atoms with Gasteiger partial charge in [-0.2, -0.15) is 13.2 Å². The normalized spacial score (nSPS) is 11.0. The van der Waals surface area contributed by atoms with Gasteiger partial charge in [-0.1, -0.05) is 0 Å². The molecule has 0 unspecified atom stereocenters. The molecule has 0 saturated heterocycles. The number of hydrogen-bond acceptors (Lipinski definition) is 5. The number of pyridine rings is 1. The van der Waals surface area contributed by atoms with Crippen molar-refractivity contribution < 1.29 is 13.2 Å². The number of hydrogen-bond donors (Lipinski definition) is 0. The van der Waals surface area contributed by atoms with Crippen molar-refractivity contribution in [2.24, 2.45) is 0 Å². The minimum atomic E-state index is -4.39. The van der Waals surface area contributed by atoms with Crippen LogP contribution in [-0.2, 0) is 6.18 Å². The second-order valence-corrected chi connectivity index (χ2v) is 7.83. The van der Waals surface area contributed by atoms with E-state index in [1.165, 1.54) is 46.0 Å². The van der Waals surface area contributed by atoms with Crippen LogP contribution in [0.15, 0.2) is 52.5 Å². The third-order valence-electron chi connectivity index (χ3n) is 4.69. The fourth-order valence-electron chi connectivity index (χ4n) is 2.86. The van der Waals surface area contributed by atoms with Gasteiger partial charge in [-0.05, 0) is 62.9 Å².